The first-order valence-corrected chi connectivity index (χ1v) is 7.49. The molecular weight excluding hydrogens is 248 g/mol. The van der Waals surface area contributed by atoms with Crippen LogP contribution in [0.3, 0.4) is 0 Å². The lowest BCUT2D eigenvalue weighted by Crippen LogP contribution is -2.27. The molecule has 3 heteroatoms. The normalized spacial score (nSPS) is 16.1. The van der Waals surface area contributed by atoms with Gasteiger partial charge < -0.3 is 15.0 Å². The zero-order valence-corrected chi connectivity index (χ0v) is 12.1. The Hall–Kier alpha value is -1.74. The molecule has 1 N–H and O–H groups in total. The van der Waals surface area contributed by atoms with Crippen LogP contribution in [0, 0.1) is 0 Å². The van der Waals surface area contributed by atoms with Crippen molar-refractivity contribution < 1.29 is 4.74 Å². The highest BCUT2D eigenvalue weighted by molar-refractivity contribution is 5.87. The Bertz CT molecular complexity index is 574. The number of fused-ring (bicyclic) bond motifs is 1. The topological polar surface area (TPSA) is 24.5 Å². The van der Waals surface area contributed by atoms with Crippen LogP contribution in [0.5, 0.6) is 5.75 Å². The van der Waals surface area contributed by atoms with Crippen molar-refractivity contribution in [3.63, 3.8) is 0 Å². The van der Waals surface area contributed by atoms with Crippen LogP contribution in [-0.4, -0.2) is 32.8 Å². The molecule has 0 aliphatic carbocycles. The maximum absolute atomic E-state index is 5.56. The van der Waals surface area contributed by atoms with Crippen LogP contribution in [-0.2, 0) is 0 Å². The van der Waals surface area contributed by atoms with Crippen molar-refractivity contribution in [1.29, 1.82) is 0 Å². The van der Waals surface area contributed by atoms with Crippen LogP contribution in [0.2, 0.25) is 0 Å². The number of nitrogens with zero attached hydrogens (tertiary/aromatic N) is 1. The average molecular weight is 270 g/mol. The molecule has 3 rings (SSSR count). The van der Waals surface area contributed by atoms with Crippen molar-refractivity contribution in [3.8, 4) is 5.75 Å². The molecule has 1 aliphatic heterocycles. The number of hydrogen-bond donors (Lipinski definition) is 1. The summed E-state index contributed by atoms with van der Waals surface area (Å²) >= 11 is 0. The fourth-order valence-corrected chi connectivity index (χ4v) is 2.77. The van der Waals surface area contributed by atoms with Gasteiger partial charge in [0.25, 0.3) is 0 Å². The van der Waals surface area contributed by atoms with Gasteiger partial charge in [-0.1, -0.05) is 12.1 Å². The summed E-state index contributed by atoms with van der Waals surface area (Å²) in [6.45, 7) is 7.15. The molecule has 3 nitrogen and oxygen atoms in total. The zero-order chi connectivity index (χ0) is 13.8. The van der Waals surface area contributed by atoms with Gasteiger partial charge in [0.1, 0.15) is 5.75 Å². The average Bonchev–Trinajstić information content (AvgIpc) is 2.76. The molecule has 0 atom stereocenters. The molecule has 1 saturated heterocycles. The lowest BCUT2D eigenvalue weighted by atomic mass is 10.1. The van der Waals surface area contributed by atoms with Crippen molar-refractivity contribution in [3.05, 3.63) is 36.4 Å². The highest BCUT2D eigenvalue weighted by Crippen LogP contribution is 2.26. The van der Waals surface area contributed by atoms with Crippen molar-refractivity contribution in [2.75, 3.05) is 37.7 Å². The maximum Gasteiger partial charge on any atom is 0.119 e. The summed E-state index contributed by atoms with van der Waals surface area (Å²) in [5.74, 6) is 0.951. The minimum atomic E-state index is 0.713. The zero-order valence-electron chi connectivity index (χ0n) is 12.1. The minimum absolute atomic E-state index is 0.713. The van der Waals surface area contributed by atoms with Gasteiger partial charge in [-0.2, -0.15) is 0 Å². The smallest absolute Gasteiger partial charge is 0.119 e. The fraction of sp³-hybridized carbons (Fsp3) is 0.412. The maximum atomic E-state index is 5.56. The number of ether oxygens (including phenoxy) is 1. The predicted molar refractivity (Wildman–Crippen MR) is 84.8 cm³/mol. The second kappa shape index (κ2) is 6.14. The largest absolute Gasteiger partial charge is 0.494 e. The second-order valence-electron chi connectivity index (χ2n) is 5.22. The third-order valence-electron chi connectivity index (χ3n) is 3.81. The molecule has 106 valence electrons. The van der Waals surface area contributed by atoms with Crippen LogP contribution < -0.4 is 15.0 Å². The highest BCUT2D eigenvalue weighted by Gasteiger charge is 2.09. The first kappa shape index (κ1) is 13.3. The minimum Gasteiger partial charge on any atom is -0.494 e. The SMILES string of the molecule is CCOc1ccc2cc(N3CCCNCC3)ccc2c1. The summed E-state index contributed by atoms with van der Waals surface area (Å²) in [5.41, 5.74) is 1.32. The van der Waals surface area contributed by atoms with E-state index in [2.05, 4.69) is 46.6 Å². The van der Waals surface area contributed by atoms with E-state index in [1.807, 2.05) is 6.92 Å². The molecule has 2 aromatic rings. The van der Waals surface area contributed by atoms with Crippen molar-refractivity contribution in [2.24, 2.45) is 0 Å². The molecule has 0 saturated carbocycles. The quantitative estimate of drug-likeness (QED) is 0.928. The number of hydrogen-bond acceptors (Lipinski definition) is 3. The van der Waals surface area contributed by atoms with Gasteiger partial charge in [0.15, 0.2) is 0 Å². The first-order chi connectivity index (χ1) is 9.86. The Balaban J connectivity index is 1.88. The van der Waals surface area contributed by atoms with E-state index in [0.29, 0.717) is 6.61 Å². The summed E-state index contributed by atoms with van der Waals surface area (Å²) in [7, 11) is 0. The summed E-state index contributed by atoms with van der Waals surface area (Å²) in [4.78, 5) is 2.47. The van der Waals surface area contributed by atoms with E-state index in [1.54, 1.807) is 0 Å². The van der Waals surface area contributed by atoms with Gasteiger partial charge in [-0.3, -0.25) is 0 Å². The van der Waals surface area contributed by atoms with E-state index in [0.717, 1.165) is 31.9 Å². The van der Waals surface area contributed by atoms with Gasteiger partial charge in [-0.25, -0.2) is 0 Å². The molecule has 1 fully saturated rings. The Morgan fingerprint density at radius 2 is 1.90 bits per heavy atom. The third kappa shape index (κ3) is 2.88. The summed E-state index contributed by atoms with van der Waals surface area (Å²) in [5, 5.41) is 5.97. The predicted octanol–water partition coefficient (Wildman–Crippen LogP) is 3.04. The number of anilines is 1. The molecule has 0 spiro atoms. The standard InChI is InChI=1S/C17H22N2O/c1-2-20-17-7-5-14-12-16(6-4-15(14)13-17)19-10-3-8-18-9-11-19/h4-7,12-13,18H,2-3,8-11H2,1H3. The van der Waals surface area contributed by atoms with E-state index in [9.17, 15) is 0 Å². The molecule has 0 amide bonds. The third-order valence-corrected chi connectivity index (χ3v) is 3.81. The molecule has 1 aliphatic rings. The summed E-state index contributed by atoms with van der Waals surface area (Å²) in [6, 6.07) is 13.0. The first-order valence-electron chi connectivity index (χ1n) is 7.49. The van der Waals surface area contributed by atoms with Crippen LogP contribution >= 0.6 is 0 Å². The molecule has 0 radical (unpaired) electrons. The highest BCUT2D eigenvalue weighted by atomic mass is 16.5. The van der Waals surface area contributed by atoms with Gasteiger partial charge >= 0.3 is 0 Å². The van der Waals surface area contributed by atoms with E-state index < -0.39 is 0 Å². The molecule has 2 aromatic carbocycles. The molecule has 0 bridgehead atoms. The van der Waals surface area contributed by atoms with Gasteiger partial charge in [-0.05, 0) is 54.9 Å². The van der Waals surface area contributed by atoms with Gasteiger partial charge in [0, 0.05) is 25.3 Å². The number of rotatable bonds is 3. The Kier molecular flexibility index (Phi) is 4.07. The van der Waals surface area contributed by atoms with Crippen LogP contribution in [0.4, 0.5) is 5.69 Å². The lowest BCUT2D eigenvalue weighted by molar-refractivity contribution is 0.341. The van der Waals surface area contributed by atoms with Crippen LogP contribution in [0.25, 0.3) is 10.8 Å². The summed E-state index contributed by atoms with van der Waals surface area (Å²) < 4.78 is 5.56. The number of benzene rings is 2. The van der Waals surface area contributed by atoms with Crippen LogP contribution in [0.1, 0.15) is 13.3 Å². The van der Waals surface area contributed by atoms with Gasteiger partial charge in [-0.15, -0.1) is 0 Å². The Morgan fingerprint density at radius 1 is 1.05 bits per heavy atom. The van der Waals surface area contributed by atoms with Gasteiger partial charge in [0.2, 0.25) is 0 Å². The molecular formula is C17H22N2O. The van der Waals surface area contributed by atoms with E-state index >= 15 is 0 Å². The van der Waals surface area contributed by atoms with Crippen molar-refractivity contribution >= 4 is 16.5 Å². The molecule has 0 unspecified atom stereocenters. The van der Waals surface area contributed by atoms with E-state index in [-0.39, 0.29) is 0 Å². The van der Waals surface area contributed by atoms with Crippen molar-refractivity contribution in [2.45, 2.75) is 13.3 Å². The van der Waals surface area contributed by atoms with Gasteiger partial charge in [0.05, 0.1) is 6.61 Å². The number of nitrogens with one attached hydrogen (secondary N) is 1. The molecule has 1 heterocycles. The fourth-order valence-electron chi connectivity index (χ4n) is 2.77. The van der Waals surface area contributed by atoms with E-state index in [4.69, 9.17) is 4.74 Å². The summed E-state index contributed by atoms with van der Waals surface area (Å²) in [6.07, 6.45) is 1.21. The monoisotopic (exact) mass is 270 g/mol. The lowest BCUT2D eigenvalue weighted by Gasteiger charge is -2.22. The second-order valence-corrected chi connectivity index (χ2v) is 5.22. The molecule has 20 heavy (non-hydrogen) atoms. The Labute approximate surface area is 120 Å². The van der Waals surface area contributed by atoms with Crippen molar-refractivity contribution in [1.82, 2.24) is 5.32 Å². The van der Waals surface area contributed by atoms with Crippen LogP contribution in [0.15, 0.2) is 36.4 Å². The Morgan fingerprint density at radius 3 is 2.80 bits per heavy atom. The van der Waals surface area contributed by atoms with E-state index in [1.165, 1.54) is 22.9 Å². The molecule has 0 aromatic heterocycles.